The Morgan fingerprint density at radius 2 is 1.87 bits per heavy atom. The maximum Gasteiger partial charge on any atom is 0.318 e. The maximum absolute atomic E-state index is 14.5. The van der Waals surface area contributed by atoms with E-state index in [1.807, 2.05) is 18.2 Å². The molecule has 3 aromatic rings. The molecule has 9 nitrogen and oxygen atoms in total. The minimum atomic E-state index is -0.947. The van der Waals surface area contributed by atoms with Gasteiger partial charge in [0.1, 0.15) is 18.2 Å². The molecule has 0 bridgehead atoms. The average Bonchev–Trinajstić information content (AvgIpc) is 3.38. The lowest BCUT2D eigenvalue weighted by Gasteiger charge is -2.38. The topological polar surface area (TPSA) is 88.8 Å². The molecule has 45 heavy (non-hydrogen) atoms. The van der Waals surface area contributed by atoms with Gasteiger partial charge in [-0.2, -0.15) is 15.2 Å². The molecule has 1 amide bonds. The summed E-state index contributed by atoms with van der Waals surface area (Å²) >= 11 is 6.47. The van der Waals surface area contributed by atoms with Crippen LogP contribution in [0.1, 0.15) is 37.9 Å². The monoisotopic (exact) mass is 637 g/mol. The smallest absolute Gasteiger partial charge is 0.318 e. The Kier molecular flexibility index (Phi) is 9.75. The molecule has 2 aromatic carbocycles. The second-order valence-electron chi connectivity index (χ2n) is 11.9. The minimum Gasteiger partial charge on any atom is -0.461 e. The third kappa shape index (κ3) is 6.67. The number of aromatic nitrogens is 2. The molecule has 1 unspecified atom stereocenters. The second kappa shape index (κ2) is 13.5. The standard InChI is InChI=1S/C31H35ClF2N6O2.C2H3N/c1-20(33)29(41)39-16-14-38(15-17-39)28-22-10-13-40(25-7-4-6-21-8-9-23(34)27(32)26(21)25)18-24(22)35-30(36-28)42-19-31(2)11-5-12-37(31)3;1-2-3/h4,6-9H,1,5,10-19H2,2-3H3;1H3. The molecule has 1 aromatic heterocycles. The molecule has 238 valence electrons. The molecule has 0 aliphatic carbocycles. The molecule has 0 N–H and O–H groups in total. The molecular formula is C33H38ClF2N7O2. The van der Waals surface area contributed by atoms with Crippen molar-refractivity contribution in [3.8, 4) is 12.1 Å². The zero-order valence-electron chi connectivity index (χ0n) is 26.0. The quantitative estimate of drug-likeness (QED) is 0.327. The molecular weight excluding hydrogens is 600 g/mol. The van der Waals surface area contributed by atoms with Crippen LogP contribution in [0.2, 0.25) is 5.02 Å². The van der Waals surface area contributed by atoms with E-state index in [1.54, 1.807) is 12.1 Å². The number of nitrogens with zero attached hydrogens (tertiary/aromatic N) is 7. The Morgan fingerprint density at radius 3 is 2.53 bits per heavy atom. The van der Waals surface area contributed by atoms with Gasteiger partial charge in [0.25, 0.3) is 5.91 Å². The van der Waals surface area contributed by atoms with E-state index in [0.717, 1.165) is 47.5 Å². The molecule has 4 heterocycles. The lowest BCUT2D eigenvalue weighted by Crippen LogP contribution is -2.49. The van der Waals surface area contributed by atoms with Crippen molar-refractivity contribution in [3.63, 3.8) is 0 Å². The van der Waals surface area contributed by atoms with Crippen LogP contribution in [0.15, 0.2) is 42.7 Å². The van der Waals surface area contributed by atoms with Crippen LogP contribution >= 0.6 is 11.6 Å². The highest BCUT2D eigenvalue weighted by atomic mass is 35.5. The highest BCUT2D eigenvalue weighted by molar-refractivity contribution is 6.36. The van der Waals surface area contributed by atoms with Gasteiger partial charge < -0.3 is 19.4 Å². The van der Waals surface area contributed by atoms with E-state index >= 15 is 0 Å². The normalized spacial score (nSPS) is 19.9. The lowest BCUT2D eigenvalue weighted by molar-refractivity contribution is -0.128. The SMILES string of the molecule is C=C(F)C(=O)N1CCN(c2nc(OCC3(C)CCCN3C)nc3c2CCN(c2cccc4ccc(F)c(Cl)c24)C3)CC1.CC#N. The molecule has 3 aliphatic rings. The van der Waals surface area contributed by atoms with Crippen molar-refractivity contribution in [2.45, 2.75) is 45.2 Å². The Hall–Kier alpha value is -4.01. The van der Waals surface area contributed by atoms with E-state index in [0.29, 0.717) is 63.7 Å². The zero-order valence-corrected chi connectivity index (χ0v) is 26.7. The van der Waals surface area contributed by atoms with Crippen molar-refractivity contribution in [2.75, 3.05) is 62.7 Å². The maximum atomic E-state index is 14.5. The van der Waals surface area contributed by atoms with Crippen molar-refractivity contribution >= 4 is 39.8 Å². The van der Waals surface area contributed by atoms with Crippen LogP contribution in [0.5, 0.6) is 6.01 Å². The fourth-order valence-electron chi connectivity index (χ4n) is 6.33. The van der Waals surface area contributed by atoms with Crippen molar-refractivity contribution in [1.29, 1.82) is 5.26 Å². The minimum absolute atomic E-state index is 0.101. The van der Waals surface area contributed by atoms with Crippen molar-refractivity contribution in [3.05, 3.63) is 64.8 Å². The third-order valence-corrected chi connectivity index (χ3v) is 9.39. The number of benzene rings is 2. The van der Waals surface area contributed by atoms with Crippen LogP contribution in [0.25, 0.3) is 10.8 Å². The van der Waals surface area contributed by atoms with Crippen molar-refractivity contribution in [2.24, 2.45) is 0 Å². The molecule has 0 radical (unpaired) electrons. The van der Waals surface area contributed by atoms with Gasteiger partial charge in [-0.15, -0.1) is 0 Å². The number of likely N-dealkylation sites (tertiary alicyclic amines) is 1. The fraction of sp³-hybridized carbons (Fsp3) is 0.455. The molecule has 0 saturated carbocycles. The van der Waals surface area contributed by atoms with Gasteiger partial charge >= 0.3 is 6.01 Å². The van der Waals surface area contributed by atoms with E-state index in [1.165, 1.54) is 17.9 Å². The number of ether oxygens (including phenoxy) is 1. The summed E-state index contributed by atoms with van der Waals surface area (Å²) < 4.78 is 34.3. The summed E-state index contributed by atoms with van der Waals surface area (Å²) in [6, 6.07) is 11.0. The predicted molar refractivity (Wildman–Crippen MR) is 172 cm³/mol. The third-order valence-electron chi connectivity index (χ3n) is 9.02. The average molecular weight is 638 g/mol. The summed E-state index contributed by atoms with van der Waals surface area (Å²) in [6.45, 7) is 11.1. The first-order valence-electron chi connectivity index (χ1n) is 15.1. The van der Waals surface area contributed by atoms with E-state index in [-0.39, 0.29) is 10.6 Å². The number of carbonyl (C=O) groups is 1. The van der Waals surface area contributed by atoms with Crippen LogP contribution in [-0.2, 0) is 17.8 Å². The largest absolute Gasteiger partial charge is 0.461 e. The molecule has 2 saturated heterocycles. The fourth-order valence-corrected chi connectivity index (χ4v) is 6.60. The number of anilines is 2. The van der Waals surface area contributed by atoms with Gasteiger partial charge in [-0.05, 0) is 57.3 Å². The molecule has 0 spiro atoms. The number of nitriles is 1. The molecule has 12 heteroatoms. The summed E-state index contributed by atoms with van der Waals surface area (Å²) in [5, 5.41) is 8.98. The zero-order chi connectivity index (χ0) is 32.3. The Labute approximate surface area is 267 Å². The van der Waals surface area contributed by atoms with Crippen LogP contribution in [0, 0.1) is 17.1 Å². The van der Waals surface area contributed by atoms with Crippen LogP contribution in [0.4, 0.5) is 20.3 Å². The Bertz CT molecular complexity index is 1640. The number of halogens is 3. The molecule has 3 aliphatic heterocycles. The number of hydrogen-bond donors (Lipinski definition) is 0. The molecule has 1 atom stereocenters. The van der Waals surface area contributed by atoms with Crippen LogP contribution in [0.3, 0.4) is 0 Å². The van der Waals surface area contributed by atoms with Gasteiger partial charge in [0.05, 0.1) is 28.9 Å². The Balaban J connectivity index is 0.00000128. The van der Waals surface area contributed by atoms with E-state index in [4.69, 9.17) is 31.6 Å². The van der Waals surface area contributed by atoms with Crippen LogP contribution < -0.4 is 14.5 Å². The van der Waals surface area contributed by atoms with Gasteiger partial charge in [0, 0.05) is 56.3 Å². The van der Waals surface area contributed by atoms with Crippen molar-refractivity contribution < 1.29 is 18.3 Å². The van der Waals surface area contributed by atoms with Gasteiger partial charge in [-0.3, -0.25) is 9.69 Å². The summed E-state index contributed by atoms with van der Waals surface area (Å²) in [6.07, 6.45) is 2.81. The number of fused-ring (bicyclic) bond motifs is 2. The molecule has 6 rings (SSSR count). The first kappa shape index (κ1) is 32.4. The predicted octanol–water partition coefficient (Wildman–Crippen LogP) is 5.51. The first-order valence-corrected chi connectivity index (χ1v) is 15.5. The number of likely N-dealkylation sites (N-methyl/N-ethyl adjacent to an activating group) is 1. The number of hydrogen-bond acceptors (Lipinski definition) is 8. The summed E-state index contributed by atoms with van der Waals surface area (Å²) in [5.41, 5.74) is 2.61. The summed E-state index contributed by atoms with van der Waals surface area (Å²) in [7, 11) is 2.11. The van der Waals surface area contributed by atoms with Crippen molar-refractivity contribution in [1.82, 2.24) is 19.8 Å². The van der Waals surface area contributed by atoms with E-state index in [9.17, 15) is 13.6 Å². The number of rotatable bonds is 6. The number of amides is 1. The van der Waals surface area contributed by atoms with E-state index < -0.39 is 17.6 Å². The lowest BCUT2D eigenvalue weighted by atomic mass is 10.0. The van der Waals surface area contributed by atoms with Gasteiger partial charge in [-0.1, -0.05) is 36.4 Å². The second-order valence-corrected chi connectivity index (χ2v) is 12.3. The number of carbonyl (C=O) groups excluding carboxylic acids is 1. The summed E-state index contributed by atoms with van der Waals surface area (Å²) in [5.74, 6) is -1.28. The summed E-state index contributed by atoms with van der Waals surface area (Å²) in [4.78, 5) is 30.0. The highest BCUT2D eigenvalue weighted by Gasteiger charge is 2.36. The van der Waals surface area contributed by atoms with Gasteiger partial charge in [-0.25, -0.2) is 8.78 Å². The van der Waals surface area contributed by atoms with Crippen LogP contribution in [-0.4, -0.2) is 84.1 Å². The molecule has 2 fully saturated rings. The van der Waals surface area contributed by atoms with Gasteiger partial charge in [0.2, 0.25) is 0 Å². The van der Waals surface area contributed by atoms with Gasteiger partial charge in [0.15, 0.2) is 5.83 Å². The first-order chi connectivity index (χ1) is 21.6. The van der Waals surface area contributed by atoms with E-state index in [2.05, 4.69) is 35.3 Å². The number of piperazine rings is 1. The Morgan fingerprint density at radius 1 is 1.13 bits per heavy atom. The highest BCUT2D eigenvalue weighted by Crippen LogP contribution is 2.38.